The molecule has 1 saturated carbocycles. The number of ether oxygens (including phenoxy) is 1. The summed E-state index contributed by atoms with van der Waals surface area (Å²) in [6.45, 7) is 2.44. The van der Waals surface area contributed by atoms with Gasteiger partial charge in [0.1, 0.15) is 11.6 Å². The molecule has 30 heavy (non-hydrogen) atoms. The van der Waals surface area contributed by atoms with Crippen LogP contribution in [0.1, 0.15) is 24.6 Å². The first-order valence-electron chi connectivity index (χ1n) is 10.0. The lowest BCUT2D eigenvalue weighted by Gasteiger charge is -2.35. The number of benzene rings is 1. The van der Waals surface area contributed by atoms with E-state index in [2.05, 4.69) is 19.9 Å². The van der Waals surface area contributed by atoms with Gasteiger partial charge in [-0.1, -0.05) is 11.6 Å². The molecule has 1 aromatic carbocycles. The molecule has 1 aliphatic heterocycles. The van der Waals surface area contributed by atoms with Gasteiger partial charge in [0, 0.05) is 37.1 Å². The maximum atomic E-state index is 12.5. The molecule has 1 aliphatic carbocycles. The second-order valence-corrected chi connectivity index (χ2v) is 8.05. The molecule has 0 bridgehead atoms. The van der Waals surface area contributed by atoms with Crippen LogP contribution in [0.4, 0.5) is 11.8 Å². The first-order valence-corrected chi connectivity index (χ1v) is 10.4. The van der Waals surface area contributed by atoms with E-state index in [1.54, 1.807) is 29.2 Å². The zero-order valence-electron chi connectivity index (χ0n) is 16.3. The average molecular weight is 428 g/mol. The Labute approximate surface area is 178 Å². The molecule has 0 unspecified atom stereocenters. The minimum atomic E-state index is -0.0484. The Balaban J connectivity index is 1.23. The predicted octanol–water partition coefficient (Wildman–Crippen LogP) is 2.19. The molecule has 3 N–H and O–H groups in total. The summed E-state index contributed by atoms with van der Waals surface area (Å²) >= 11 is 5.87. The summed E-state index contributed by atoms with van der Waals surface area (Å²) in [5, 5.41) is 0.630. The fourth-order valence-electron chi connectivity index (χ4n) is 3.63. The number of halogens is 1. The average Bonchev–Trinajstić information content (AvgIpc) is 3.52. The van der Waals surface area contributed by atoms with Crippen LogP contribution in [0.3, 0.4) is 0 Å². The van der Waals surface area contributed by atoms with Crippen molar-refractivity contribution < 1.29 is 9.53 Å². The summed E-state index contributed by atoms with van der Waals surface area (Å²) in [5.74, 6) is 2.97. The lowest BCUT2D eigenvalue weighted by Crippen LogP contribution is -2.50. The van der Waals surface area contributed by atoms with E-state index in [9.17, 15) is 4.79 Å². The van der Waals surface area contributed by atoms with Gasteiger partial charge in [0.25, 0.3) is 5.91 Å². The van der Waals surface area contributed by atoms with Crippen LogP contribution >= 0.6 is 11.6 Å². The number of hydrogen-bond acceptors (Lipinski definition) is 7. The summed E-state index contributed by atoms with van der Waals surface area (Å²) in [6, 6.07) is 6.96. The molecule has 2 aromatic heterocycles. The predicted molar refractivity (Wildman–Crippen MR) is 114 cm³/mol. The molecular formula is C20H22ClN7O2. The van der Waals surface area contributed by atoms with Gasteiger partial charge < -0.3 is 25.3 Å². The van der Waals surface area contributed by atoms with Gasteiger partial charge in [-0.05, 0) is 37.1 Å². The lowest BCUT2D eigenvalue weighted by atomic mass is 10.3. The summed E-state index contributed by atoms with van der Waals surface area (Å²) in [6.07, 6.45) is 2.30. The molecule has 1 saturated heterocycles. The molecule has 10 heteroatoms. The number of nitrogens with zero attached hydrogens (tertiary/aromatic N) is 5. The first kappa shape index (κ1) is 18.9. The zero-order valence-corrected chi connectivity index (χ0v) is 17.1. The van der Waals surface area contributed by atoms with Crippen LogP contribution in [-0.2, 0) is 4.79 Å². The number of rotatable bonds is 5. The highest BCUT2D eigenvalue weighted by atomic mass is 35.5. The Kier molecular flexibility index (Phi) is 4.82. The van der Waals surface area contributed by atoms with Gasteiger partial charge in [0.05, 0.1) is 0 Å². The minimum absolute atomic E-state index is 0.00352. The number of amides is 1. The van der Waals surface area contributed by atoms with Gasteiger partial charge in [0.2, 0.25) is 5.95 Å². The van der Waals surface area contributed by atoms with Gasteiger partial charge in [-0.25, -0.2) is 4.98 Å². The lowest BCUT2D eigenvalue weighted by molar-refractivity contribution is -0.133. The number of anilines is 2. The topological polar surface area (TPSA) is 113 Å². The number of H-pyrrole nitrogens is 1. The minimum Gasteiger partial charge on any atom is -0.484 e. The fourth-order valence-corrected chi connectivity index (χ4v) is 3.75. The number of imidazole rings is 1. The molecule has 9 nitrogen and oxygen atoms in total. The molecule has 5 rings (SSSR count). The smallest absolute Gasteiger partial charge is 0.260 e. The van der Waals surface area contributed by atoms with Crippen LogP contribution in [0.2, 0.25) is 5.02 Å². The number of fused-ring (bicyclic) bond motifs is 1. The molecule has 3 heterocycles. The van der Waals surface area contributed by atoms with E-state index in [-0.39, 0.29) is 18.5 Å². The van der Waals surface area contributed by atoms with Gasteiger partial charge >= 0.3 is 0 Å². The van der Waals surface area contributed by atoms with Crippen molar-refractivity contribution in [2.45, 2.75) is 18.8 Å². The van der Waals surface area contributed by atoms with E-state index in [0.29, 0.717) is 48.5 Å². The van der Waals surface area contributed by atoms with Crippen molar-refractivity contribution in [3.8, 4) is 5.75 Å². The van der Waals surface area contributed by atoms with Crippen molar-refractivity contribution in [1.82, 2.24) is 24.8 Å². The van der Waals surface area contributed by atoms with Crippen molar-refractivity contribution in [2.24, 2.45) is 0 Å². The number of nitrogens with one attached hydrogen (secondary N) is 1. The van der Waals surface area contributed by atoms with E-state index in [4.69, 9.17) is 27.1 Å². The van der Waals surface area contributed by atoms with Gasteiger partial charge in [-0.2, -0.15) is 9.97 Å². The number of carbonyl (C=O) groups excluding carboxylic acids is 1. The largest absolute Gasteiger partial charge is 0.484 e. The van der Waals surface area contributed by atoms with Crippen LogP contribution in [0.25, 0.3) is 11.2 Å². The fraction of sp³-hybridized carbons (Fsp3) is 0.400. The second kappa shape index (κ2) is 7.64. The third-order valence-electron chi connectivity index (χ3n) is 5.43. The Morgan fingerprint density at radius 1 is 1.13 bits per heavy atom. The van der Waals surface area contributed by atoms with E-state index < -0.39 is 0 Å². The van der Waals surface area contributed by atoms with Gasteiger partial charge in [0.15, 0.2) is 23.6 Å². The SMILES string of the molecule is Nc1nc(N2CCN(C(=O)COc3ccc(Cl)cc3)CC2)c2nc(C3CC3)[nH]c2n1. The molecule has 0 radical (unpaired) electrons. The van der Waals surface area contributed by atoms with E-state index in [0.717, 1.165) is 30.0 Å². The number of piperazine rings is 1. The quantitative estimate of drug-likeness (QED) is 0.641. The van der Waals surface area contributed by atoms with Crippen LogP contribution < -0.4 is 15.4 Å². The molecule has 156 valence electrons. The third-order valence-corrected chi connectivity index (χ3v) is 5.69. The Morgan fingerprint density at radius 2 is 1.87 bits per heavy atom. The van der Waals surface area contributed by atoms with Crippen LogP contribution in [0.15, 0.2) is 24.3 Å². The summed E-state index contributed by atoms with van der Waals surface area (Å²) < 4.78 is 5.58. The number of hydrogen-bond donors (Lipinski definition) is 2. The van der Waals surface area contributed by atoms with E-state index in [1.807, 2.05) is 0 Å². The highest BCUT2D eigenvalue weighted by molar-refractivity contribution is 6.30. The van der Waals surface area contributed by atoms with Gasteiger partial charge in [-0.15, -0.1) is 0 Å². The summed E-state index contributed by atoms with van der Waals surface area (Å²) in [7, 11) is 0. The summed E-state index contributed by atoms with van der Waals surface area (Å²) in [4.78, 5) is 33.2. The van der Waals surface area contributed by atoms with Crippen molar-refractivity contribution in [1.29, 1.82) is 0 Å². The van der Waals surface area contributed by atoms with Crippen LogP contribution in [0.5, 0.6) is 5.75 Å². The van der Waals surface area contributed by atoms with Crippen LogP contribution in [0, 0.1) is 0 Å². The highest BCUT2D eigenvalue weighted by Crippen LogP contribution is 2.39. The van der Waals surface area contributed by atoms with Crippen molar-refractivity contribution in [2.75, 3.05) is 43.4 Å². The number of aromatic amines is 1. The first-order chi connectivity index (χ1) is 14.6. The molecule has 3 aromatic rings. The number of nitrogens with two attached hydrogens (primary N) is 1. The van der Waals surface area contributed by atoms with Crippen molar-refractivity contribution in [3.05, 3.63) is 35.1 Å². The molecular weight excluding hydrogens is 406 g/mol. The molecule has 1 amide bonds. The molecule has 2 aliphatic rings. The monoisotopic (exact) mass is 427 g/mol. The maximum Gasteiger partial charge on any atom is 0.260 e. The van der Waals surface area contributed by atoms with Crippen LogP contribution in [-0.4, -0.2) is 63.5 Å². The van der Waals surface area contributed by atoms with Gasteiger partial charge in [-0.3, -0.25) is 4.79 Å². The number of carbonyl (C=O) groups is 1. The maximum absolute atomic E-state index is 12.5. The Hall–Kier alpha value is -3.07. The van der Waals surface area contributed by atoms with E-state index >= 15 is 0 Å². The number of aromatic nitrogens is 4. The van der Waals surface area contributed by atoms with Crippen molar-refractivity contribution in [3.63, 3.8) is 0 Å². The highest BCUT2D eigenvalue weighted by Gasteiger charge is 2.29. The number of nitrogen functional groups attached to an aromatic ring is 1. The Bertz CT molecular complexity index is 1070. The molecule has 0 spiro atoms. The molecule has 2 fully saturated rings. The third kappa shape index (κ3) is 3.85. The zero-order chi connectivity index (χ0) is 20.7. The second-order valence-electron chi connectivity index (χ2n) is 7.61. The summed E-state index contributed by atoms with van der Waals surface area (Å²) in [5.41, 5.74) is 7.35. The van der Waals surface area contributed by atoms with Crippen molar-refractivity contribution >= 4 is 40.4 Å². The standard InChI is InChI=1S/C20H22ClN7O2/c21-13-3-5-14(6-4-13)30-11-15(29)27-7-9-28(10-8-27)19-16-18(25-20(22)26-19)24-17(23-16)12-1-2-12/h3-6,12H,1-2,7-11H2,(H3,22,23,24,25,26). The Morgan fingerprint density at radius 3 is 2.57 bits per heavy atom. The van der Waals surface area contributed by atoms with E-state index in [1.165, 1.54) is 0 Å². The molecule has 0 atom stereocenters. The normalized spacial score (nSPS) is 16.8.